The number of thiophene rings is 1. The molecule has 8 heteroatoms. The molecule has 0 fully saturated rings. The lowest BCUT2D eigenvalue weighted by atomic mass is 10.3. The molecule has 0 saturated carbocycles. The zero-order valence-electron chi connectivity index (χ0n) is 11.4. The lowest BCUT2D eigenvalue weighted by Crippen LogP contribution is -2.19. The molecule has 3 aromatic heterocycles. The highest BCUT2D eigenvalue weighted by molar-refractivity contribution is 7.11. The van der Waals surface area contributed by atoms with E-state index in [0.717, 1.165) is 22.7 Å². The van der Waals surface area contributed by atoms with Gasteiger partial charge in [0.2, 0.25) is 5.78 Å². The Morgan fingerprint density at radius 3 is 2.87 bits per heavy atom. The molecule has 0 aliphatic heterocycles. The van der Waals surface area contributed by atoms with E-state index in [1.165, 1.54) is 35.9 Å². The van der Waals surface area contributed by atoms with Crippen molar-refractivity contribution in [3.05, 3.63) is 65.6 Å². The first-order chi connectivity index (χ1) is 11.0. The topological polar surface area (TPSA) is 63.1 Å². The molecule has 0 saturated heterocycles. The molecular weight excluding hydrogens is 344 g/mol. The number of hydrogen-bond acceptors (Lipinski definition) is 5. The summed E-state index contributed by atoms with van der Waals surface area (Å²) in [5.41, 5.74) is -0.450. The van der Waals surface area contributed by atoms with Gasteiger partial charge in [0.1, 0.15) is 0 Å². The third kappa shape index (κ3) is 3.54. The largest absolute Gasteiger partial charge is 0.461 e. The number of hydrogen-bond donors (Lipinski definition) is 1. The van der Waals surface area contributed by atoms with E-state index in [2.05, 4.69) is 4.98 Å². The smallest absolute Gasteiger partial charge is 0.266 e. The molecule has 0 unspecified atom stereocenters. The Bertz CT molecular complexity index is 996. The van der Waals surface area contributed by atoms with E-state index < -0.39 is 6.43 Å². The summed E-state index contributed by atoms with van der Waals surface area (Å²) < 4.78 is 30.8. The number of rotatable bonds is 4. The van der Waals surface area contributed by atoms with Gasteiger partial charge in [-0.1, -0.05) is 0 Å². The predicted octanol–water partition coefficient (Wildman–Crippen LogP) is 2.52. The zero-order chi connectivity index (χ0) is 16.4. The van der Waals surface area contributed by atoms with Crippen molar-refractivity contribution in [2.24, 2.45) is 0 Å². The first kappa shape index (κ1) is 15.6. The Balaban J connectivity index is 1.96. The van der Waals surface area contributed by atoms with Gasteiger partial charge < -0.3 is 9.40 Å². The van der Waals surface area contributed by atoms with E-state index in [1.54, 1.807) is 6.07 Å². The number of furan rings is 1. The third-order valence-corrected chi connectivity index (χ3v) is 4.73. The van der Waals surface area contributed by atoms with Gasteiger partial charge >= 0.3 is 0 Å². The van der Waals surface area contributed by atoms with Gasteiger partial charge in [0.25, 0.3) is 12.0 Å². The standard InChI is InChI=1S/C15H9F2NO3S2/c16-14(17)8-4-9(22-7-8)5-12-15(20)18-13(23-12)6-10(19)11-2-1-3-21-11/h1-7,14H,(H,18,20)/b12-5-,13-6-. The number of alkyl halides is 2. The van der Waals surface area contributed by atoms with Crippen LogP contribution in [0, 0.1) is 0 Å². The normalized spacial score (nSPS) is 13.2. The fourth-order valence-corrected chi connectivity index (χ4v) is 3.60. The maximum Gasteiger partial charge on any atom is 0.266 e. The first-order valence-corrected chi connectivity index (χ1v) is 8.09. The average molecular weight is 353 g/mol. The molecule has 3 heterocycles. The molecule has 0 amide bonds. The van der Waals surface area contributed by atoms with Crippen molar-refractivity contribution in [2.45, 2.75) is 6.43 Å². The molecule has 3 aromatic rings. The Labute approximate surface area is 136 Å². The number of Topliss-reactive ketones (excluding diaryl/α,β-unsaturated/α-hetero) is 1. The molecular formula is C15H9F2NO3S2. The molecule has 23 heavy (non-hydrogen) atoms. The number of aromatic nitrogens is 1. The van der Waals surface area contributed by atoms with Crippen LogP contribution in [-0.4, -0.2) is 10.8 Å². The Morgan fingerprint density at radius 2 is 2.22 bits per heavy atom. The fourth-order valence-electron chi connectivity index (χ4n) is 1.82. The highest BCUT2D eigenvalue weighted by atomic mass is 32.1. The summed E-state index contributed by atoms with van der Waals surface area (Å²) in [4.78, 5) is 26.9. The summed E-state index contributed by atoms with van der Waals surface area (Å²) in [6, 6.07) is 4.45. The van der Waals surface area contributed by atoms with Gasteiger partial charge in [-0.05, 0) is 24.3 Å². The number of nitrogens with one attached hydrogen (secondary N) is 1. The Kier molecular flexibility index (Phi) is 4.35. The van der Waals surface area contributed by atoms with Crippen LogP contribution in [0.25, 0.3) is 12.2 Å². The van der Waals surface area contributed by atoms with Crippen LogP contribution < -0.4 is 14.8 Å². The third-order valence-electron chi connectivity index (χ3n) is 2.87. The number of carbonyl (C=O) groups is 1. The van der Waals surface area contributed by atoms with Crippen LogP contribution in [0.1, 0.15) is 27.4 Å². The first-order valence-electron chi connectivity index (χ1n) is 6.40. The van der Waals surface area contributed by atoms with Gasteiger partial charge in [0.05, 0.1) is 15.5 Å². The monoisotopic (exact) mass is 353 g/mol. The number of thiazole rings is 1. The lowest BCUT2D eigenvalue weighted by molar-refractivity contribution is 0.103. The Hall–Kier alpha value is -2.32. The summed E-state index contributed by atoms with van der Waals surface area (Å²) >= 11 is 2.20. The van der Waals surface area contributed by atoms with Gasteiger partial charge in [-0.2, -0.15) is 0 Å². The minimum Gasteiger partial charge on any atom is -0.461 e. The predicted molar refractivity (Wildman–Crippen MR) is 84.5 cm³/mol. The molecule has 0 aliphatic rings. The average Bonchev–Trinajstić information content (AvgIpc) is 3.22. The highest BCUT2D eigenvalue weighted by Crippen LogP contribution is 2.24. The van der Waals surface area contributed by atoms with Gasteiger partial charge in [-0.3, -0.25) is 9.59 Å². The number of H-pyrrole nitrogens is 1. The number of ketones is 1. The number of carbonyl (C=O) groups excluding carboxylic acids is 1. The highest BCUT2D eigenvalue weighted by Gasteiger charge is 2.09. The maximum absolute atomic E-state index is 12.6. The SMILES string of the molecule is O=C(/C=c1/[nH]c(=O)/c(=C/c2cc(C(F)F)cs2)s1)c1ccco1. The van der Waals surface area contributed by atoms with Gasteiger partial charge in [0, 0.05) is 21.9 Å². The summed E-state index contributed by atoms with van der Waals surface area (Å²) in [5.74, 6) is -0.195. The van der Waals surface area contributed by atoms with E-state index in [9.17, 15) is 18.4 Å². The van der Waals surface area contributed by atoms with Crippen LogP contribution in [-0.2, 0) is 0 Å². The van der Waals surface area contributed by atoms with Crippen molar-refractivity contribution < 1.29 is 18.0 Å². The van der Waals surface area contributed by atoms with Crippen molar-refractivity contribution in [1.29, 1.82) is 0 Å². The molecule has 118 valence electrons. The lowest BCUT2D eigenvalue weighted by Gasteiger charge is -1.88. The molecule has 3 rings (SSSR count). The van der Waals surface area contributed by atoms with Crippen LogP contribution in [0.2, 0.25) is 0 Å². The zero-order valence-corrected chi connectivity index (χ0v) is 13.0. The molecule has 1 N–H and O–H groups in total. The number of aromatic amines is 1. The summed E-state index contributed by atoms with van der Waals surface area (Å²) in [6.45, 7) is 0. The van der Waals surface area contributed by atoms with E-state index in [-0.39, 0.29) is 22.7 Å². The molecule has 0 atom stereocenters. The van der Waals surface area contributed by atoms with Gasteiger partial charge in [-0.15, -0.1) is 22.7 Å². The molecule has 4 nitrogen and oxygen atoms in total. The maximum atomic E-state index is 12.6. The molecule has 0 radical (unpaired) electrons. The van der Waals surface area contributed by atoms with Crippen LogP contribution in [0.5, 0.6) is 0 Å². The van der Waals surface area contributed by atoms with E-state index in [0.29, 0.717) is 14.1 Å². The molecule has 0 aliphatic carbocycles. The second-order valence-electron chi connectivity index (χ2n) is 4.50. The second-order valence-corrected chi connectivity index (χ2v) is 6.52. The quantitative estimate of drug-likeness (QED) is 0.733. The molecule has 0 aromatic carbocycles. The van der Waals surface area contributed by atoms with Crippen LogP contribution in [0.3, 0.4) is 0 Å². The summed E-state index contributed by atoms with van der Waals surface area (Å²) in [7, 11) is 0. The van der Waals surface area contributed by atoms with E-state index in [1.807, 2.05) is 0 Å². The van der Waals surface area contributed by atoms with Gasteiger partial charge in [0.15, 0.2) is 5.76 Å². The summed E-state index contributed by atoms with van der Waals surface area (Å²) in [5, 5.41) is 1.35. The number of halogens is 2. The Morgan fingerprint density at radius 1 is 1.39 bits per heavy atom. The fraction of sp³-hybridized carbons (Fsp3) is 0.0667. The second kappa shape index (κ2) is 6.43. The molecule has 0 bridgehead atoms. The van der Waals surface area contributed by atoms with Crippen molar-refractivity contribution in [2.75, 3.05) is 0 Å². The van der Waals surface area contributed by atoms with E-state index in [4.69, 9.17) is 4.42 Å². The van der Waals surface area contributed by atoms with Crippen molar-refractivity contribution >= 4 is 40.6 Å². The van der Waals surface area contributed by atoms with Crippen LogP contribution in [0.4, 0.5) is 8.78 Å². The molecule has 0 spiro atoms. The van der Waals surface area contributed by atoms with Crippen LogP contribution >= 0.6 is 22.7 Å². The minimum absolute atomic E-state index is 0.0750. The summed E-state index contributed by atoms with van der Waals surface area (Å²) in [6.07, 6.45) is 1.63. The van der Waals surface area contributed by atoms with Crippen LogP contribution in [0.15, 0.2) is 39.1 Å². The van der Waals surface area contributed by atoms with Crippen molar-refractivity contribution in [3.63, 3.8) is 0 Å². The minimum atomic E-state index is -2.54. The van der Waals surface area contributed by atoms with Crippen molar-refractivity contribution in [3.8, 4) is 0 Å². The van der Waals surface area contributed by atoms with E-state index >= 15 is 0 Å². The van der Waals surface area contributed by atoms with Gasteiger partial charge in [-0.25, -0.2) is 8.78 Å². The van der Waals surface area contributed by atoms with Crippen molar-refractivity contribution in [1.82, 2.24) is 4.98 Å².